The second kappa shape index (κ2) is 12.1. The minimum Gasteiger partial charge on any atom is -0.461 e. The molecule has 7 atom stereocenters. The van der Waals surface area contributed by atoms with E-state index in [9.17, 15) is 20.0 Å². The van der Waals surface area contributed by atoms with Crippen LogP contribution >= 0.6 is 0 Å². The molecule has 0 heterocycles. The molecule has 1 N–H and O–H groups in total. The van der Waals surface area contributed by atoms with Gasteiger partial charge in [-0.15, -0.1) is 0 Å². The first-order chi connectivity index (χ1) is 23.2. The molecule has 250 valence electrons. The summed E-state index contributed by atoms with van der Waals surface area (Å²) in [6, 6.07) is 17.0. The van der Waals surface area contributed by atoms with E-state index >= 15 is 0 Å². The van der Waals surface area contributed by atoms with Crippen LogP contribution in [0, 0.1) is 45.8 Å². The third kappa shape index (κ3) is 5.13. The summed E-state index contributed by atoms with van der Waals surface area (Å²) in [7, 11) is 0. The standard InChI is InChI=1S/C43H49NO4/c1-41-26-37-35-14-12-31(30-10-7-29(27-44)8-11-30)23-32(35)25-42-20-17-34(45)24-33(42)13-15-36(40(37)42)38(41)18-21-43(41,47)19-4-22-48-39(46)16-9-28-5-2-3-6-28/h4,7-8,10-12,14,19,23-24,28,36-38,40,47H,2-3,5-6,9,13,15-18,20-22,25-26H2,1H3/b19-4-/t36-,37+,38-,40+,41-,42+,43-/m0/s1. The number of ketones is 1. The van der Waals surface area contributed by atoms with Crippen LogP contribution in [0.1, 0.15) is 113 Å². The normalized spacial score (nSPS) is 35.3. The van der Waals surface area contributed by atoms with Crippen molar-refractivity contribution in [3.63, 3.8) is 0 Å². The van der Waals surface area contributed by atoms with Crippen LogP contribution in [0.2, 0.25) is 0 Å². The summed E-state index contributed by atoms with van der Waals surface area (Å²) in [5.41, 5.74) is 5.86. The van der Waals surface area contributed by atoms with Gasteiger partial charge < -0.3 is 9.84 Å². The number of allylic oxidation sites excluding steroid dienone is 1. The Balaban J connectivity index is 1.09. The van der Waals surface area contributed by atoms with Crippen LogP contribution in [-0.2, 0) is 20.7 Å². The number of hydrogen-bond donors (Lipinski definition) is 1. The SMILES string of the molecule is C[C@]12C[C@@H]3c4ccc(-c5ccc(C#N)cc5)cc4C[C@]45CCC(=O)C=C4CC[C@H]([C@H]35)[C@@H]1CC[C@@]2(O)/C=C\COC(=O)CCC1CCCC1. The molecule has 4 saturated carbocycles. The van der Waals surface area contributed by atoms with Gasteiger partial charge in [0, 0.05) is 18.3 Å². The maximum absolute atomic E-state index is 12.8. The summed E-state index contributed by atoms with van der Waals surface area (Å²) in [6.07, 6.45) is 19.6. The first-order valence-corrected chi connectivity index (χ1v) is 18.7. The largest absolute Gasteiger partial charge is 0.461 e. The van der Waals surface area contributed by atoms with Gasteiger partial charge in [-0.1, -0.05) is 74.6 Å². The van der Waals surface area contributed by atoms with E-state index in [0.717, 1.165) is 62.5 Å². The Morgan fingerprint density at radius 3 is 2.62 bits per heavy atom. The van der Waals surface area contributed by atoms with Gasteiger partial charge in [0.25, 0.3) is 0 Å². The van der Waals surface area contributed by atoms with E-state index in [1.54, 1.807) is 0 Å². The van der Waals surface area contributed by atoms with Gasteiger partial charge in [-0.3, -0.25) is 9.59 Å². The zero-order valence-corrected chi connectivity index (χ0v) is 28.4. The molecule has 0 amide bonds. The van der Waals surface area contributed by atoms with Gasteiger partial charge in [-0.2, -0.15) is 5.26 Å². The molecule has 5 nitrogen and oxygen atoms in total. The summed E-state index contributed by atoms with van der Waals surface area (Å²) >= 11 is 0. The molecule has 8 rings (SSSR count). The van der Waals surface area contributed by atoms with E-state index in [1.165, 1.54) is 42.4 Å². The van der Waals surface area contributed by atoms with Crippen LogP contribution in [0.5, 0.6) is 0 Å². The lowest BCUT2D eigenvalue weighted by Crippen LogP contribution is -2.59. The van der Waals surface area contributed by atoms with Crippen LogP contribution in [0.4, 0.5) is 0 Å². The van der Waals surface area contributed by atoms with Gasteiger partial charge >= 0.3 is 5.97 Å². The number of nitriles is 1. The predicted octanol–water partition coefficient (Wildman–Crippen LogP) is 8.79. The van der Waals surface area contributed by atoms with Crippen molar-refractivity contribution in [2.75, 3.05) is 6.61 Å². The van der Waals surface area contributed by atoms with Crippen molar-refractivity contribution in [3.8, 4) is 17.2 Å². The van der Waals surface area contributed by atoms with E-state index in [2.05, 4.69) is 31.2 Å². The van der Waals surface area contributed by atoms with Gasteiger partial charge in [-0.05, 0) is 133 Å². The number of nitrogens with zero attached hydrogens (tertiary/aromatic N) is 1. The fraction of sp³-hybridized carbons (Fsp3) is 0.558. The Bertz CT molecular complexity index is 1710. The molecule has 0 unspecified atom stereocenters. The van der Waals surface area contributed by atoms with Crippen LogP contribution < -0.4 is 0 Å². The van der Waals surface area contributed by atoms with E-state index in [1.807, 2.05) is 42.5 Å². The van der Waals surface area contributed by atoms with Gasteiger partial charge in [0.1, 0.15) is 6.61 Å². The number of ether oxygens (including phenoxy) is 1. The molecule has 1 spiro atoms. The molecule has 0 saturated heterocycles. The Hall–Kier alpha value is -3.49. The quantitative estimate of drug-likeness (QED) is 0.241. The highest BCUT2D eigenvalue weighted by Crippen LogP contribution is 2.73. The number of carbonyl (C=O) groups is 2. The van der Waals surface area contributed by atoms with Crippen LogP contribution in [-0.4, -0.2) is 29.1 Å². The van der Waals surface area contributed by atoms with Crippen molar-refractivity contribution in [1.82, 2.24) is 0 Å². The Morgan fingerprint density at radius 1 is 1.04 bits per heavy atom. The number of carbonyl (C=O) groups excluding carboxylic acids is 2. The van der Waals surface area contributed by atoms with Crippen molar-refractivity contribution in [2.24, 2.45) is 34.5 Å². The lowest BCUT2D eigenvalue weighted by molar-refractivity contribution is -0.142. The topological polar surface area (TPSA) is 87.4 Å². The molecular weight excluding hydrogens is 594 g/mol. The van der Waals surface area contributed by atoms with Gasteiger partial charge in [-0.25, -0.2) is 0 Å². The van der Waals surface area contributed by atoms with Gasteiger partial charge in [0.15, 0.2) is 5.78 Å². The molecule has 6 aliphatic rings. The van der Waals surface area contributed by atoms with Crippen LogP contribution in [0.3, 0.4) is 0 Å². The minimum absolute atomic E-state index is 0.00234. The van der Waals surface area contributed by atoms with Gasteiger partial charge in [0.05, 0.1) is 17.2 Å². The zero-order valence-electron chi connectivity index (χ0n) is 28.4. The predicted molar refractivity (Wildman–Crippen MR) is 186 cm³/mol. The molecule has 0 bridgehead atoms. The Kier molecular flexibility index (Phi) is 8.03. The minimum atomic E-state index is -0.954. The summed E-state index contributed by atoms with van der Waals surface area (Å²) in [6.45, 7) is 2.55. The second-order valence-corrected chi connectivity index (χ2v) is 16.4. The third-order valence-corrected chi connectivity index (χ3v) is 14.2. The Morgan fingerprint density at radius 2 is 1.83 bits per heavy atom. The highest BCUT2D eigenvalue weighted by Gasteiger charge is 2.67. The third-order valence-electron chi connectivity index (χ3n) is 14.2. The zero-order chi connectivity index (χ0) is 33.1. The van der Waals surface area contributed by atoms with Crippen molar-refractivity contribution < 1.29 is 19.4 Å². The number of benzene rings is 2. The number of rotatable bonds is 7. The summed E-state index contributed by atoms with van der Waals surface area (Å²) < 4.78 is 5.61. The molecule has 4 fully saturated rings. The monoisotopic (exact) mass is 643 g/mol. The second-order valence-electron chi connectivity index (χ2n) is 16.4. The van der Waals surface area contributed by atoms with E-state index in [4.69, 9.17) is 4.74 Å². The van der Waals surface area contributed by atoms with Crippen molar-refractivity contribution in [3.05, 3.63) is 83.0 Å². The highest BCUT2D eigenvalue weighted by atomic mass is 16.5. The maximum Gasteiger partial charge on any atom is 0.306 e. The molecule has 2 aromatic carbocycles. The first-order valence-electron chi connectivity index (χ1n) is 18.7. The van der Waals surface area contributed by atoms with E-state index < -0.39 is 5.60 Å². The molecular formula is C43H49NO4. The number of fused-ring (bicyclic) bond motifs is 4. The molecule has 48 heavy (non-hydrogen) atoms. The fourth-order valence-electron chi connectivity index (χ4n) is 11.9. The number of hydrogen-bond acceptors (Lipinski definition) is 5. The van der Waals surface area contributed by atoms with E-state index in [-0.39, 0.29) is 29.2 Å². The molecule has 0 aromatic heterocycles. The van der Waals surface area contributed by atoms with Crippen LogP contribution in [0.25, 0.3) is 11.1 Å². The van der Waals surface area contributed by atoms with Crippen LogP contribution in [0.15, 0.2) is 66.3 Å². The fourth-order valence-corrected chi connectivity index (χ4v) is 11.9. The van der Waals surface area contributed by atoms with Crippen molar-refractivity contribution in [2.45, 2.75) is 108 Å². The Labute approximate surface area is 285 Å². The smallest absolute Gasteiger partial charge is 0.306 e. The van der Waals surface area contributed by atoms with Gasteiger partial charge in [0.2, 0.25) is 0 Å². The lowest BCUT2D eigenvalue weighted by atomic mass is 9.39. The molecule has 2 aromatic rings. The summed E-state index contributed by atoms with van der Waals surface area (Å²) in [5, 5.41) is 21.8. The molecule has 0 aliphatic heterocycles. The highest BCUT2D eigenvalue weighted by molar-refractivity contribution is 5.91. The van der Waals surface area contributed by atoms with Crippen molar-refractivity contribution >= 4 is 11.8 Å². The molecule has 0 radical (unpaired) electrons. The van der Waals surface area contributed by atoms with Crippen molar-refractivity contribution in [1.29, 1.82) is 5.26 Å². The lowest BCUT2D eigenvalue weighted by Gasteiger charge is -2.65. The molecule has 5 heteroatoms. The summed E-state index contributed by atoms with van der Waals surface area (Å²) in [4.78, 5) is 25.3. The number of esters is 1. The molecule has 6 aliphatic carbocycles. The summed E-state index contributed by atoms with van der Waals surface area (Å²) in [5.74, 6) is 2.52. The first kappa shape index (κ1) is 31.8. The maximum atomic E-state index is 12.8. The number of aliphatic hydroxyl groups is 1. The average Bonchev–Trinajstić information content (AvgIpc) is 3.71. The van der Waals surface area contributed by atoms with E-state index in [0.29, 0.717) is 48.0 Å². The average molecular weight is 644 g/mol.